The molecule has 0 aromatic rings. The molecule has 0 unspecified atom stereocenters. The normalized spacial score (nSPS) is 15.0. The van der Waals surface area contributed by atoms with Crippen LogP contribution in [0.15, 0.2) is 0 Å². The molecule has 0 aromatic heterocycles. The molecule has 1 amide bonds. The Kier molecular flexibility index (Phi) is 5.52. The van der Waals surface area contributed by atoms with Crippen LogP contribution in [0.2, 0.25) is 0 Å². The number of halogens is 6. The van der Waals surface area contributed by atoms with E-state index >= 15 is 0 Å². The van der Waals surface area contributed by atoms with Crippen LogP contribution < -0.4 is 5.32 Å². The zero-order valence-corrected chi connectivity index (χ0v) is 10.6. The lowest BCUT2D eigenvalue weighted by Gasteiger charge is -2.36. The van der Waals surface area contributed by atoms with Crippen LogP contribution in [0.3, 0.4) is 0 Å². The van der Waals surface area contributed by atoms with E-state index in [2.05, 4.69) is 4.74 Å². The molecule has 19 heavy (non-hydrogen) atoms. The maximum Gasteiger partial charge on any atom is 0.420 e. The first kappa shape index (κ1) is 17.8. The summed E-state index contributed by atoms with van der Waals surface area (Å²) in [5.41, 5.74) is -4.30. The third-order valence-electron chi connectivity index (χ3n) is 2.70. The lowest BCUT2D eigenvalue weighted by molar-refractivity contribution is -0.305. The zero-order chi connectivity index (χ0) is 15.5. The summed E-state index contributed by atoms with van der Waals surface area (Å²) in [5, 5.41) is 0.914. The molecular weight excluding hydrogens is 280 g/mol. The number of amides is 1. The van der Waals surface area contributed by atoms with Crippen LogP contribution in [0.5, 0.6) is 0 Å². The van der Waals surface area contributed by atoms with Gasteiger partial charge in [-0.15, -0.1) is 0 Å². The summed E-state index contributed by atoms with van der Waals surface area (Å²) in [7, 11) is 0. The summed E-state index contributed by atoms with van der Waals surface area (Å²) in [6.07, 6.45) is -15.0. The standard InChI is InChI=1S/C10H15F6NO2/c1-4-6(3)19-7(18)17-8(5-2,9(11,12)13)10(14,15)16/h6H,4-5H2,1-3H3,(H,17,18)/t6-/m1/s1. The van der Waals surface area contributed by atoms with Crippen LogP contribution in [-0.4, -0.2) is 30.1 Å². The van der Waals surface area contributed by atoms with Crippen molar-refractivity contribution in [2.75, 3.05) is 0 Å². The van der Waals surface area contributed by atoms with Crippen molar-refractivity contribution in [3.63, 3.8) is 0 Å². The molecular formula is C10H15F6NO2. The Labute approximate surface area is 106 Å². The number of nitrogens with one attached hydrogen (secondary N) is 1. The van der Waals surface area contributed by atoms with Gasteiger partial charge in [-0.3, -0.25) is 5.32 Å². The molecule has 3 nitrogen and oxygen atoms in total. The van der Waals surface area contributed by atoms with E-state index in [1.807, 2.05) is 0 Å². The molecule has 0 heterocycles. The molecule has 0 aliphatic heterocycles. The molecule has 0 radical (unpaired) electrons. The predicted molar refractivity (Wildman–Crippen MR) is 54.5 cm³/mol. The topological polar surface area (TPSA) is 38.3 Å². The summed E-state index contributed by atoms with van der Waals surface area (Å²) in [6, 6.07) is 0. The molecule has 0 bridgehead atoms. The lowest BCUT2D eigenvalue weighted by Crippen LogP contribution is -2.67. The van der Waals surface area contributed by atoms with E-state index in [0.29, 0.717) is 6.92 Å². The van der Waals surface area contributed by atoms with Gasteiger partial charge in [0.1, 0.15) is 6.10 Å². The molecule has 1 N–H and O–H groups in total. The Morgan fingerprint density at radius 2 is 1.53 bits per heavy atom. The lowest BCUT2D eigenvalue weighted by atomic mass is 9.94. The SMILES string of the molecule is CC[C@@H](C)OC(=O)NC(CC)(C(F)(F)F)C(F)(F)F. The van der Waals surface area contributed by atoms with Crippen LogP contribution in [0, 0.1) is 0 Å². The van der Waals surface area contributed by atoms with Crippen molar-refractivity contribution in [3.8, 4) is 0 Å². The number of alkyl halides is 6. The third kappa shape index (κ3) is 3.90. The smallest absolute Gasteiger partial charge is 0.420 e. The summed E-state index contributed by atoms with van der Waals surface area (Å²) >= 11 is 0. The number of carbonyl (C=O) groups is 1. The highest BCUT2D eigenvalue weighted by molar-refractivity contribution is 5.69. The van der Waals surface area contributed by atoms with E-state index in [-0.39, 0.29) is 6.42 Å². The van der Waals surface area contributed by atoms with Crippen LogP contribution in [0.25, 0.3) is 0 Å². The minimum absolute atomic E-state index is 0.268. The van der Waals surface area contributed by atoms with E-state index in [0.717, 1.165) is 5.32 Å². The first-order valence-corrected chi connectivity index (χ1v) is 5.53. The van der Waals surface area contributed by atoms with Crippen molar-refractivity contribution in [1.29, 1.82) is 0 Å². The van der Waals surface area contributed by atoms with Gasteiger partial charge in [-0.25, -0.2) is 4.79 Å². The van der Waals surface area contributed by atoms with Gasteiger partial charge in [0, 0.05) is 0 Å². The minimum atomic E-state index is -5.67. The average Bonchev–Trinajstić information content (AvgIpc) is 2.21. The molecule has 9 heteroatoms. The number of ether oxygens (including phenoxy) is 1. The van der Waals surface area contributed by atoms with Gasteiger partial charge in [-0.05, 0) is 19.8 Å². The molecule has 114 valence electrons. The van der Waals surface area contributed by atoms with Crippen LogP contribution in [-0.2, 0) is 4.74 Å². The van der Waals surface area contributed by atoms with Gasteiger partial charge in [0.15, 0.2) is 0 Å². The summed E-state index contributed by atoms with van der Waals surface area (Å²) in [6.45, 7) is 3.61. The summed E-state index contributed by atoms with van der Waals surface area (Å²) < 4.78 is 80.4. The molecule has 1 atom stereocenters. The first-order chi connectivity index (χ1) is 8.41. The zero-order valence-electron chi connectivity index (χ0n) is 10.6. The fourth-order valence-electron chi connectivity index (χ4n) is 1.26. The quantitative estimate of drug-likeness (QED) is 0.801. The Morgan fingerprint density at radius 1 is 1.11 bits per heavy atom. The summed E-state index contributed by atoms with van der Waals surface area (Å²) in [5.74, 6) is 0. The van der Waals surface area contributed by atoms with E-state index in [4.69, 9.17) is 0 Å². The Bertz CT molecular complexity index is 298. The highest BCUT2D eigenvalue weighted by atomic mass is 19.4. The second kappa shape index (κ2) is 5.87. The van der Waals surface area contributed by atoms with Gasteiger partial charge in [-0.1, -0.05) is 13.8 Å². The molecule has 0 fully saturated rings. The van der Waals surface area contributed by atoms with E-state index in [1.54, 1.807) is 6.92 Å². The maximum absolute atomic E-state index is 12.7. The molecule has 0 rings (SSSR count). The van der Waals surface area contributed by atoms with E-state index < -0.39 is 36.5 Å². The summed E-state index contributed by atoms with van der Waals surface area (Å²) in [4.78, 5) is 11.1. The molecule has 0 saturated heterocycles. The largest absolute Gasteiger partial charge is 0.447 e. The predicted octanol–water partition coefficient (Wildman–Crippen LogP) is 3.78. The molecule has 0 aliphatic carbocycles. The second-order valence-corrected chi connectivity index (χ2v) is 4.00. The van der Waals surface area contributed by atoms with Gasteiger partial charge in [0.05, 0.1) is 0 Å². The van der Waals surface area contributed by atoms with Gasteiger partial charge in [0.25, 0.3) is 0 Å². The van der Waals surface area contributed by atoms with Crippen molar-refractivity contribution in [1.82, 2.24) is 5.32 Å². The number of hydrogen-bond acceptors (Lipinski definition) is 2. The average molecular weight is 295 g/mol. The van der Waals surface area contributed by atoms with Crippen molar-refractivity contribution < 1.29 is 35.9 Å². The Hall–Kier alpha value is -1.15. The van der Waals surface area contributed by atoms with Crippen molar-refractivity contribution in [3.05, 3.63) is 0 Å². The number of carbonyl (C=O) groups excluding carboxylic acids is 1. The Morgan fingerprint density at radius 3 is 1.79 bits per heavy atom. The van der Waals surface area contributed by atoms with Crippen molar-refractivity contribution in [2.45, 2.75) is 57.6 Å². The number of rotatable bonds is 4. The highest BCUT2D eigenvalue weighted by Gasteiger charge is 2.70. The first-order valence-electron chi connectivity index (χ1n) is 5.53. The van der Waals surface area contributed by atoms with Gasteiger partial charge < -0.3 is 4.74 Å². The molecule has 0 aliphatic rings. The monoisotopic (exact) mass is 295 g/mol. The van der Waals surface area contributed by atoms with Gasteiger partial charge in [0.2, 0.25) is 5.54 Å². The third-order valence-corrected chi connectivity index (χ3v) is 2.70. The van der Waals surface area contributed by atoms with Crippen molar-refractivity contribution in [2.24, 2.45) is 0 Å². The maximum atomic E-state index is 12.7. The fraction of sp³-hybridized carbons (Fsp3) is 0.900. The molecule has 0 saturated carbocycles. The van der Waals surface area contributed by atoms with Crippen LogP contribution in [0.1, 0.15) is 33.6 Å². The minimum Gasteiger partial charge on any atom is -0.447 e. The molecule has 0 aromatic carbocycles. The fourth-order valence-corrected chi connectivity index (χ4v) is 1.26. The van der Waals surface area contributed by atoms with Crippen LogP contribution in [0.4, 0.5) is 31.1 Å². The number of alkyl carbamates (subject to hydrolysis) is 1. The van der Waals surface area contributed by atoms with E-state index in [1.165, 1.54) is 6.92 Å². The number of hydrogen-bond donors (Lipinski definition) is 1. The molecule has 0 spiro atoms. The second-order valence-electron chi connectivity index (χ2n) is 4.00. The van der Waals surface area contributed by atoms with Crippen molar-refractivity contribution >= 4 is 6.09 Å². The van der Waals surface area contributed by atoms with E-state index in [9.17, 15) is 31.1 Å². The Balaban J connectivity index is 5.25. The van der Waals surface area contributed by atoms with Gasteiger partial charge in [-0.2, -0.15) is 26.3 Å². The highest BCUT2D eigenvalue weighted by Crippen LogP contribution is 2.45. The van der Waals surface area contributed by atoms with Crippen LogP contribution >= 0.6 is 0 Å². The van der Waals surface area contributed by atoms with Gasteiger partial charge >= 0.3 is 18.4 Å².